The van der Waals surface area contributed by atoms with Gasteiger partial charge in [-0.25, -0.2) is 4.98 Å². The number of hydrogen-bond acceptors (Lipinski definition) is 5. The predicted octanol–water partition coefficient (Wildman–Crippen LogP) is 2.41. The van der Waals surface area contributed by atoms with Crippen molar-refractivity contribution < 1.29 is 5.11 Å². The van der Waals surface area contributed by atoms with Gasteiger partial charge in [-0.1, -0.05) is 27.2 Å². The van der Waals surface area contributed by atoms with Gasteiger partial charge < -0.3 is 10.4 Å². The Morgan fingerprint density at radius 2 is 2.18 bits per heavy atom. The number of hydrogen-bond donors (Lipinski definition) is 2. The van der Waals surface area contributed by atoms with E-state index in [0.717, 1.165) is 23.8 Å². The molecule has 1 heterocycles. The first-order valence-electron chi connectivity index (χ1n) is 6.22. The molecule has 2 N–H and O–H groups in total. The molecule has 4 nitrogen and oxygen atoms in total. The molecule has 17 heavy (non-hydrogen) atoms. The maximum atomic E-state index is 9.28. The molecule has 0 saturated heterocycles. The molecule has 0 bridgehead atoms. The summed E-state index contributed by atoms with van der Waals surface area (Å²) in [6.45, 7) is 6.61. The number of rotatable bonds is 3. The van der Waals surface area contributed by atoms with Crippen LogP contribution in [0.1, 0.15) is 45.9 Å². The van der Waals surface area contributed by atoms with Crippen molar-refractivity contribution >= 4 is 16.7 Å². The summed E-state index contributed by atoms with van der Waals surface area (Å²) in [5, 5.41) is 13.6. The van der Waals surface area contributed by atoms with E-state index in [0.29, 0.717) is 12.0 Å². The fraction of sp³-hybridized carbons (Fsp3) is 0.833. The second kappa shape index (κ2) is 4.90. The highest BCUT2D eigenvalue weighted by Gasteiger charge is 2.28. The molecular weight excluding hydrogens is 234 g/mol. The topological polar surface area (TPSA) is 58.0 Å². The van der Waals surface area contributed by atoms with Gasteiger partial charge in [-0.05, 0) is 12.8 Å². The van der Waals surface area contributed by atoms with Crippen LogP contribution in [0.15, 0.2) is 0 Å². The fourth-order valence-electron chi connectivity index (χ4n) is 2.19. The molecule has 0 aromatic carbocycles. The van der Waals surface area contributed by atoms with Crippen molar-refractivity contribution in [3.8, 4) is 0 Å². The lowest BCUT2D eigenvalue weighted by Gasteiger charge is -2.18. The van der Waals surface area contributed by atoms with Gasteiger partial charge in [0.25, 0.3) is 0 Å². The van der Waals surface area contributed by atoms with E-state index in [1.165, 1.54) is 18.0 Å². The Bertz CT molecular complexity index is 372. The molecule has 0 amide bonds. The first-order chi connectivity index (χ1) is 8.00. The van der Waals surface area contributed by atoms with Crippen LogP contribution in [0.4, 0.5) is 5.13 Å². The van der Waals surface area contributed by atoms with E-state index in [1.807, 2.05) is 0 Å². The lowest BCUT2D eigenvalue weighted by Crippen LogP contribution is -2.26. The highest BCUT2D eigenvalue weighted by atomic mass is 32.1. The monoisotopic (exact) mass is 255 g/mol. The van der Waals surface area contributed by atoms with Crippen molar-refractivity contribution in [1.82, 2.24) is 9.36 Å². The molecule has 5 heteroatoms. The molecule has 0 spiro atoms. The van der Waals surface area contributed by atoms with E-state index in [-0.39, 0.29) is 12.0 Å². The second-order valence-electron chi connectivity index (χ2n) is 5.80. The van der Waals surface area contributed by atoms with Crippen LogP contribution in [0, 0.1) is 5.92 Å². The van der Waals surface area contributed by atoms with Crippen LogP contribution in [-0.2, 0) is 5.41 Å². The number of aliphatic hydroxyl groups is 1. The summed E-state index contributed by atoms with van der Waals surface area (Å²) >= 11 is 1.42. The van der Waals surface area contributed by atoms with Crippen molar-refractivity contribution in [3.05, 3.63) is 5.82 Å². The van der Waals surface area contributed by atoms with E-state index in [2.05, 4.69) is 35.4 Å². The van der Waals surface area contributed by atoms with Crippen LogP contribution < -0.4 is 5.32 Å². The van der Waals surface area contributed by atoms with Crippen LogP contribution in [0.2, 0.25) is 0 Å². The second-order valence-corrected chi connectivity index (χ2v) is 6.55. The van der Waals surface area contributed by atoms with Crippen LogP contribution in [0.5, 0.6) is 0 Å². The number of nitrogens with zero attached hydrogens (tertiary/aromatic N) is 2. The van der Waals surface area contributed by atoms with Crippen molar-refractivity contribution in [3.63, 3.8) is 0 Å². The summed E-state index contributed by atoms with van der Waals surface area (Å²) < 4.78 is 4.39. The zero-order valence-electron chi connectivity index (χ0n) is 10.7. The van der Waals surface area contributed by atoms with E-state index in [1.54, 1.807) is 0 Å². The maximum Gasteiger partial charge on any atom is 0.202 e. The third kappa shape index (κ3) is 2.96. The third-order valence-electron chi connectivity index (χ3n) is 3.30. The normalized spacial score (nSPS) is 25.2. The van der Waals surface area contributed by atoms with Gasteiger partial charge in [0.15, 0.2) is 0 Å². The molecule has 0 aliphatic heterocycles. The Kier molecular flexibility index (Phi) is 3.68. The Hall–Kier alpha value is -0.680. The molecule has 1 aromatic rings. The zero-order valence-corrected chi connectivity index (χ0v) is 11.5. The quantitative estimate of drug-likeness (QED) is 0.871. The molecule has 96 valence electrons. The summed E-state index contributed by atoms with van der Waals surface area (Å²) in [7, 11) is 0. The average molecular weight is 255 g/mol. The highest BCUT2D eigenvalue weighted by molar-refractivity contribution is 7.09. The standard InChI is InChI=1S/C12H21N3OS/c1-12(2,3)10-14-11(17-15-10)13-9-6-4-5-8(9)7-16/h8-9,16H,4-7H2,1-3H3,(H,13,14,15). The van der Waals surface area contributed by atoms with Gasteiger partial charge in [-0.2, -0.15) is 4.37 Å². The van der Waals surface area contributed by atoms with Gasteiger partial charge in [-0.3, -0.25) is 0 Å². The zero-order chi connectivity index (χ0) is 12.5. The Morgan fingerprint density at radius 1 is 1.41 bits per heavy atom. The van der Waals surface area contributed by atoms with E-state index >= 15 is 0 Å². The lowest BCUT2D eigenvalue weighted by atomic mass is 9.96. The Labute approximate surface area is 107 Å². The molecule has 1 fully saturated rings. The third-order valence-corrected chi connectivity index (χ3v) is 3.95. The van der Waals surface area contributed by atoms with Gasteiger partial charge in [0.2, 0.25) is 5.13 Å². The number of anilines is 1. The first kappa shape index (κ1) is 12.8. The number of aliphatic hydroxyl groups excluding tert-OH is 1. The molecule has 2 atom stereocenters. The van der Waals surface area contributed by atoms with E-state index in [4.69, 9.17) is 0 Å². The molecule has 1 aliphatic carbocycles. The minimum atomic E-state index is 0.00247. The van der Waals surface area contributed by atoms with Crippen molar-refractivity contribution in [1.29, 1.82) is 0 Å². The predicted molar refractivity (Wildman–Crippen MR) is 70.4 cm³/mol. The lowest BCUT2D eigenvalue weighted by molar-refractivity contribution is 0.222. The van der Waals surface area contributed by atoms with Gasteiger partial charge in [0.05, 0.1) is 0 Å². The first-order valence-corrected chi connectivity index (χ1v) is 6.99. The molecule has 1 aromatic heterocycles. The maximum absolute atomic E-state index is 9.28. The summed E-state index contributed by atoms with van der Waals surface area (Å²) in [6.07, 6.45) is 3.42. The summed E-state index contributed by atoms with van der Waals surface area (Å²) in [4.78, 5) is 4.53. The summed E-state index contributed by atoms with van der Waals surface area (Å²) in [6, 6.07) is 0.362. The van der Waals surface area contributed by atoms with Crippen molar-refractivity contribution in [2.24, 2.45) is 5.92 Å². The number of nitrogens with one attached hydrogen (secondary N) is 1. The van der Waals surface area contributed by atoms with Gasteiger partial charge in [0, 0.05) is 35.5 Å². The fourth-order valence-corrected chi connectivity index (χ4v) is 3.01. The van der Waals surface area contributed by atoms with Crippen molar-refractivity contribution in [2.45, 2.75) is 51.5 Å². The van der Waals surface area contributed by atoms with E-state index < -0.39 is 0 Å². The van der Waals surface area contributed by atoms with Crippen LogP contribution >= 0.6 is 11.5 Å². The van der Waals surface area contributed by atoms with Crippen LogP contribution in [-0.4, -0.2) is 27.1 Å². The largest absolute Gasteiger partial charge is 0.396 e. The van der Waals surface area contributed by atoms with Crippen LogP contribution in [0.3, 0.4) is 0 Å². The van der Waals surface area contributed by atoms with Gasteiger partial charge >= 0.3 is 0 Å². The molecule has 1 aliphatic rings. The number of aromatic nitrogens is 2. The van der Waals surface area contributed by atoms with Gasteiger partial charge in [0.1, 0.15) is 5.82 Å². The summed E-state index contributed by atoms with van der Waals surface area (Å²) in [5.74, 6) is 1.26. The highest BCUT2D eigenvalue weighted by Crippen LogP contribution is 2.30. The average Bonchev–Trinajstić information content (AvgIpc) is 2.86. The Balaban J connectivity index is 2.02. The van der Waals surface area contributed by atoms with E-state index in [9.17, 15) is 5.11 Å². The van der Waals surface area contributed by atoms with Crippen molar-refractivity contribution in [2.75, 3.05) is 11.9 Å². The summed E-state index contributed by atoms with van der Waals surface area (Å²) in [5.41, 5.74) is 0.00247. The van der Waals surface area contributed by atoms with Crippen LogP contribution in [0.25, 0.3) is 0 Å². The van der Waals surface area contributed by atoms with Gasteiger partial charge in [-0.15, -0.1) is 0 Å². The smallest absolute Gasteiger partial charge is 0.202 e. The molecule has 2 rings (SSSR count). The molecule has 0 radical (unpaired) electrons. The SMILES string of the molecule is CC(C)(C)c1nsc(NC2CCCC2CO)n1. The molecule has 1 saturated carbocycles. The molecular formula is C12H21N3OS. The minimum absolute atomic E-state index is 0.00247. The molecule has 2 unspecified atom stereocenters. The minimum Gasteiger partial charge on any atom is -0.396 e. The Morgan fingerprint density at radius 3 is 2.76 bits per heavy atom.